The molecule has 0 saturated heterocycles. The number of amides is 1. The molecule has 0 saturated carbocycles. The summed E-state index contributed by atoms with van der Waals surface area (Å²) in [5, 5.41) is 5.35. The van der Waals surface area contributed by atoms with Crippen molar-refractivity contribution in [1.82, 2.24) is 5.32 Å². The summed E-state index contributed by atoms with van der Waals surface area (Å²) in [4.78, 5) is 12.8. The van der Waals surface area contributed by atoms with Crippen molar-refractivity contribution in [3.8, 4) is 5.75 Å². The average molecular weight is 367 g/mol. The SMILES string of the molecule is O=C(NCc1cccc2ccccc12)c1ccccc1OCc1ccccc1. The second kappa shape index (κ2) is 8.40. The van der Waals surface area contributed by atoms with Gasteiger partial charge in [0.1, 0.15) is 12.4 Å². The Kier molecular flexibility index (Phi) is 5.34. The van der Waals surface area contributed by atoms with Crippen LogP contribution in [0.3, 0.4) is 0 Å². The molecule has 0 aliphatic carbocycles. The van der Waals surface area contributed by atoms with Crippen LogP contribution in [0.5, 0.6) is 5.75 Å². The van der Waals surface area contributed by atoms with Crippen LogP contribution < -0.4 is 10.1 Å². The van der Waals surface area contributed by atoms with Crippen molar-refractivity contribution in [3.05, 3.63) is 114 Å². The van der Waals surface area contributed by atoms with Crippen LogP contribution in [0.4, 0.5) is 0 Å². The number of hydrogen-bond donors (Lipinski definition) is 1. The molecule has 4 aromatic rings. The monoisotopic (exact) mass is 367 g/mol. The molecular formula is C25H21NO2. The minimum atomic E-state index is -0.142. The van der Waals surface area contributed by atoms with Gasteiger partial charge >= 0.3 is 0 Å². The van der Waals surface area contributed by atoms with Crippen molar-refractivity contribution in [2.45, 2.75) is 13.2 Å². The normalized spacial score (nSPS) is 10.6. The Bertz CT molecular complexity index is 1080. The summed E-state index contributed by atoms with van der Waals surface area (Å²) < 4.78 is 5.91. The van der Waals surface area contributed by atoms with E-state index >= 15 is 0 Å². The molecule has 0 heterocycles. The third kappa shape index (κ3) is 4.04. The lowest BCUT2D eigenvalue weighted by molar-refractivity contribution is 0.0946. The van der Waals surface area contributed by atoms with E-state index in [4.69, 9.17) is 4.74 Å². The van der Waals surface area contributed by atoms with Gasteiger partial charge in [-0.1, -0.05) is 84.9 Å². The van der Waals surface area contributed by atoms with Crippen molar-refractivity contribution in [3.63, 3.8) is 0 Å². The Balaban J connectivity index is 1.47. The molecule has 138 valence electrons. The number of fused-ring (bicyclic) bond motifs is 1. The maximum atomic E-state index is 12.8. The van der Waals surface area contributed by atoms with E-state index in [9.17, 15) is 4.79 Å². The number of nitrogens with one attached hydrogen (secondary N) is 1. The summed E-state index contributed by atoms with van der Waals surface area (Å²) in [6.45, 7) is 0.891. The first-order valence-corrected chi connectivity index (χ1v) is 9.32. The summed E-state index contributed by atoms with van der Waals surface area (Å²) >= 11 is 0. The van der Waals surface area contributed by atoms with Gasteiger partial charge in [0.15, 0.2) is 0 Å². The smallest absolute Gasteiger partial charge is 0.255 e. The second-order valence-electron chi connectivity index (χ2n) is 6.59. The Labute approximate surface area is 164 Å². The van der Waals surface area contributed by atoms with E-state index in [0.29, 0.717) is 24.5 Å². The van der Waals surface area contributed by atoms with Crippen molar-refractivity contribution >= 4 is 16.7 Å². The van der Waals surface area contributed by atoms with Gasteiger partial charge in [0, 0.05) is 6.54 Å². The Morgan fingerprint density at radius 2 is 1.46 bits per heavy atom. The largest absolute Gasteiger partial charge is 0.488 e. The molecule has 0 atom stereocenters. The highest BCUT2D eigenvalue weighted by Crippen LogP contribution is 2.21. The summed E-state index contributed by atoms with van der Waals surface area (Å²) in [5.41, 5.74) is 2.70. The molecule has 3 nitrogen and oxygen atoms in total. The zero-order chi connectivity index (χ0) is 19.2. The molecule has 4 aromatic carbocycles. The van der Waals surface area contributed by atoms with Crippen molar-refractivity contribution in [1.29, 1.82) is 0 Å². The van der Waals surface area contributed by atoms with E-state index < -0.39 is 0 Å². The summed E-state index contributed by atoms with van der Waals surface area (Å²) in [6.07, 6.45) is 0. The van der Waals surface area contributed by atoms with Crippen molar-refractivity contribution < 1.29 is 9.53 Å². The predicted octanol–water partition coefficient (Wildman–Crippen LogP) is 5.35. The van der Waals surface area contributed by atoms with Crippen molar-refractivity contribution in [2.24, 2.45) is 0 Å². The van der Waals surface area contributed by atoms with Crippen LogP contribution in [0.2, 0.25) is 0 Å². The number of carbonyl (C=O) groups excluding carboxylic acids is 1. The Morgan fingerprint density at radius 1 is 0.750 bits per heavy atom. The average Bonchev–Trinajstić information content (AvgIpc) is 2.77. The Hall–Kier alpha value is -3.59. The van der Waals surface area contributed by atoms with Crippen LogP contribution in [0, 0.1) is 0 Å². The van der Waals surface area contributed by atoms with Crippen LogP contribution in [0.25, 0.3) is 10.8 Å². The van der Waals surface area contributed by atoms with E-state index in [2.05, 4.69) is 23.5 Å². The lowest BCUT2D eigenvalue weighted by atomic mass is 10.0. The van der Waals surface area contributed by atoms with Gasteiger partial charge in [-0.25, -0.2) is 0 Å². The highest BCUT2D eigenvalue weighted by molar-refractivity contribution is 5.97. The van der Waals surface area contributed by atoms with Gasteiger partial charge in [-0.2, -0.15) is 0 Å². The van der Waals surface area contributed by atoms with Crippen LogP contribution in [0.1, 0.15) is 21.5 Å². The summed E-state index contributed by atoms with van der Waals surface area (Å²) in [6, 6.07) is 31.6. The molecule has 0 radical (unpaired) electrons. The van der Waals surface area contributed by atoms with E-state index in [1.807, 2.05) is 72.8 Å². The predicted molar refractivity (Wildman–Crippen MR) is 112 cm³/mol. The number of ether oxygens (including phenoxy) is 1. The maximum Gasteiger partial charge on any atom is 0.255 e. The number of benzene rings is 4. The summed E-state index contributed by atoms with van der Waals surface area (Å²) in [7, 11) is 0. The first-order valence-electron chi connectivity index (χ1n) is 9.32. The molecule has 0 spiro atoms. The van der Waals surface area contributed by atoms with E-state index in [1.165, 1.54) is 5.39 Å². The third-order valence-corrected chi connectivity index (χ3v) is 4.69. The molecular weight excluding hydrogens is 346 g/mol. The highest BCUT2D eigenvalue weighted by Gasteiger charge is 2.12. The number of rotatable bonds is 6. The lowest BCUT2D eigenvalue weighted by Crippen LogP contribution is -2.23. The first kappa shape index (κ1) is 17.8. The van der Waals surface area contributed by atoms with Crippen LogP contribution in [-0.4, -0.2) is 5.91 Å². The molecule has 0 bridgehead atoms. The van der Waals surface area contributed by atoms with Crippen LogP contribution in [-0.2, 0) is 13.2 Å². The fourth-order valence-corrected chi connectivity index (χ4v) is 3.23. The van der Waals surface area contributed by atoms with Gasteiger partial charge in [-0.3, -0.25) is 4.79 Å². The molecule has 0 fully saturated rings. The molecule has 0 aliphatic heterocycles. The van der Waals surface area contributed by atoms with E-state index in [-0.39, 0.29) is 5.91 Å². The zero-order valence-corrected chi connectivity index (χ0v) is 15.5. The van der Waals surface area contributed by atoms with Gasteiger partial charge in [0.2, 0.25) is 0 Å². The van der Waals surface area contributed by atoms with Gasteiger partial charge < -0.3 is 10.1 Å². The lowest BCUT2D eigenvalue weighted by Gasteiger charge is -2.13. The highest BCUT2D eigenvalue weighted by atomic mass is 16.5. The number of hydrogen-bond acceptors (Lipinski definition) is 2. The molecule has 28 heavy (non-hydrogen) atoms. The molecule has 1 N–H and O–H groups in total. The zero-order valence-electron chi connectivity index (χ0n) is 15.5. The fourth-order valence-electron chi connectivity index (χ4n) is 3.23. The molecule has 0 unspecified atom stereocenters. The van der Waals surface area contributed by atoms with Gasteiger partial charge in [-0.15, -0.1) is 0 Å². The third-order valence-electron chi connectivity index (χ3n) is 4.69. The van der Waals surface area contributed by atoms with Crippen molar-refractivity contribution in [2.75, 3.05) is 0 Å². The molecule has 1 amide bonds. The quantitative estimate of drug-likeness (QED) is 0.499. The topological polar surface area (TPSA) is 38.3 Å². The molecule has 4 rings (SSSR count). The number of para-hydroxylation sites is 1. The Morgan fingerprint density at radius 3 is 2.36 bits per heavy atom. The van der Waals surface area contributed by atoms with Crippen LogP contribution >= 0.6 is 0 Å². The standard InChI is InChI=1S/C25H21NO2/c27-25(26-17-21-13-8-12-20-11-4-5-14-22(20)21)23-15-6-7-16-24(23)28-18-19-9-2-1-3-10-19/h1-16H,17-18H2,(H,26,27). The van der Waals surface area contributed by atoms with Gasteiger partial charge in [0.05, 0.1) is 5.56 Å². The fraction of sp³-hybridized carbons (Fsp3) is 0.0800. The van der Waals surface area contributed by atoms with Gasteiger partial charge in [-0.05, 0) is 34.0 Å². The molecule has 0 aromatic heterocycles. The second-order valence-corrected chi connectivity index (χ2v) is 6.59. The van der Waals surface area contributed by atoms with E-state index in [0.717, 1.165) is 16.5 Å². The van der Waals surface area contributed by atoms with Gasteiger partial charge in [0.25, 0.3) is 5.91 Å². The maximum absolute atomic E-state index is 12.8. The van der Waals surface area contributed by atoms with E-state index in [1.54, 1.807) is 6.07 Å². The summed E-state index contributed by atoms with van der Waals surface area (Å²) in [5.74, 6) is 0.443. The minimum absolute atomic E-state index is 0.142. The molecule has 0 aliphatic rings. The van der Waals surface area contributed by atoms with Crippen LogP contribution in [0.15, 0.2) is 97.1 Å². The molecule has 3 heteroatoms. The first-order chi connectivity index (χ1) is 13.8. The number of carbonyl (C=O) groups is 1. The minimum Gasteiger partial charge on any atom is -0.488 e.